The molecule has 110 valence electrons. The van der Waals surface area contributed by atoms with Crippen LogP contribution >= 0.6 is 11.8 Å². The second-order valence-corrected chi connectivity index (χ2v) is 7.23. The summed E-state index contributed by atoms with van der Waals surface area (Å²) in [7, 11) is -3.42. The van der Waals surface area contributed by atoms with E-state index in [0.717, 1.165) is 16.2 Å². The Kier molecular flexibility index (Phi) is 5.47. The molecule has 0 saturated carbocycles. The molecule has 2 rings (SSSR count). The van der Waals surface area contributed by atoms with Crippen LogP contribution in [-0.2, 0) is 15.8 Å². The van der Waals surface area contributed by atoms with Crippen LogP contribution in [0.5, 0.6) is 0 Å². The average molecular weight is 319 g/mol. The molecule has 0 amide bonds. The first kappa shape index (κ1) is 15.7. The maximum Gasteiger partial charge on any atom is 0.236 e. The summed E-state index contributed by atoms with van der Waals surface area (Å²) < 4.78 is 27.2. The van der Waals surface area contributed by atoms with Crippen molar-refractivity contribution in [2.24, 2.45) is 0 Å². The molecule has 0 aliphatic rings. The molecule has 1 N–H and O–H groups in total. The topological polar surface area (TPSA) is 46.2 Å². The van der Waals surface area contributed by atoms with E-state index in [1.807, 2.05) is 36.4 Å². The predicted octanol–water partition coefficient (Wildman–Crippen LogP) is 3.91. The molecule has 0 aliphatic heterocycles. The minimum atomic E-state index is -3.42. The third kappa shape index (κ3) is 4.95. The highest BCUT2D eigenvalue weighted by Gasteiger charge is 2.13. The number of para-hydroxylation sites is 1. The zero-order valence-corrected chi connectivity index (χ0v) is 13.2. The summed E-state index contributed by atoms with van der Waals surface area (Å²) in [6, 6.07) is 16.5. The van der Waals surface area contributed by atoms with Gasteiger partial charge < -0.3 is 0 Å². The third-order valence-electron chi connectivity index (χ3n) is 2.71. The molecule has 0 aliphatic carbocycles. The van der Waals surface area contributed by atoms with Crippen molar-refractivity contribution in [1.82, 2.24) is 0 Å². The smallest absolute Gasteiger partial charge is 0.236 e. The number of benzene rings is 2. The highest BCUT2D eigenvalue weighted by Crippen LogP contribution is 2.28. The minimum absolute atomic E-state index is 0.0334. The van der Waals surface area contributed by atoms with Gasteiger partial charge in [-0.25, -0.2) is 8.42 Å². The van der Waals surface area contributed by atoms with Gasteiger partial charge in [0.1, 0.15) is 0 Å². The molecule has 5 heteroatoms. The molecule has 0 spiro atoms. The van der Waals surface area contributed by atoms with Gasteiger partial charge >= 0.3 is 0 Å². The minimum Gasteiger partial charge on any atom is -0.282 e. The summed E-state index contributed by atoms with van der Waals surface area (Å²) in [5.74, 6) is 0.700. The van der Waals surface area contributed by atoms with E-state index in [-0.39, 0.29) is 5.75 Å². The van der Waals surface area contributed by atoms with Gasteiger partial charge in [-0.05, 0) is 17.7 Å². The summed E-state index contributed by atoms with van der Waals surface area (Å²) in [6.07, 6.45) is 1.79. The van der Waals surface area contributed by atoms with Gasteiger partial charge in [-0.3, -0.25) is 4.72 Å². The first-order chi connectivity index (χ1) is 10.1. The van der Waals surface area contributed by atoms with Gasteiger partial charge in [-0.2, -0.15) is 0 Å². The van der Waals surface area contributed by atoms with E-state index < -0.39 is 10.0 Å². The van der Waals surface area contributed by atoms with Crippen molar-refractivity contribution < 1.29 is 8.42 Å². The molecule has 0 atom stereocenters. The van der Waals surface area contributed by atoms with E-state index in [1.54, 1.807) is 36.0 Å². The standard InChI is InChI=1S/C16H17NO2S2/c1-2-12-20-16-11-7-6-10-15(16)17-21(18,19)13-14-8-4-3-5-9-14/h2-11,17H,1,12-13H2. The molecule has 0 unspecified atom stereocenters. The van der Waals surface area contributed by atoms with Gasteiger partial charge in [0.25, 0.3) is 0 Å². The van der Waals surface area contributed by atoms with Crippen molar-refractivity contribution in [2.75, 3.05) is 10.5 Å². The number of thioether (sulfide) groups is 1. The highest BCUT2D eigenvalue weighted by molar-refractivity contribution is 7.99. The second-order valence-electron chi connectivity index (χ2n) is 4.44. The van der Waals surface area contributed by atoms with Gasteiger partial charge in [-0.1, -0.05) is 48.5 Å². The molecule has 2 aromatic carbocycles. The van der Waals surface area contributed by atoms with Crippen molar-refractivity contribution in [3.63, 3.8) is 0 Å². The van der Waals surface area contributed by atoms with Crippen molar-refractivity contribution in [3.05, 3.63) is 72.8 Å². The van der Waals surface area contributed by atoms with Gasteiger partial charge in [-0.15, -0.1) is 18.3 Å². The predicted molar refractivity (Wildman–Crippen MR) is 90.1 cm³/mol. The van der Waals surface area contributed by atoms with Crippen molar-refractivity contribution in [1.29, 1.82) is 0 Å². The number of anilines is 1. The molecule has 0 saturated heterocycles. The number of nitrogens with one attached hydrogen (secondary N) is 1. The van der Waals surface area contributed by atoms with Crippen LogP contribution in [0.25, 0.3) is 0 Å². The Balaban J connectivity index is 2.15. The molecule has 0 fully saturated rings. The van der Waals surface area contributed by atoms with Crippen molar-refractivity contribution in [3.8, 4) is 0 Å². The number of rotatable bonds is 7. The van der Waals surface area contributed by atoms with Gasteiger partial charge in [0.15, 0.2) is 0 Å². The van der Waals surface area contributed by atoms with Crippen molar-refractivity contribution in [2.45, 2.75) is 10.6 Å². The quantitative estimate of drug-likeness (QED) is 0.622. The van der Waals surface area contributed by atoms with E-state index in [9.17, 15) is 8.42 Å². The average Bonchev–Trinajstić information content (AvgIpc) is 2.46. The van der Waals surface area contributed by atoms with Crippen LogP contribution in [0, 0.1) is 0 Å². The Bertz CT molecular complexity index is 697. The Morgan fingerprint density at radius 2 is 1.71 bits per heavy atom. The first-order valence-corrected chi connectivity index (χ1v) is 9.11. The summed E-state index contributed by atoms with van der Waals surface area (Å²) >= 11 is 1.55. The molecule has 21 heavy (non-hydrogen) atoms. The molecule has 0 bridgehead atoms. The van der Waals surface area contributed by atoms with Crippen LogP contribution in [0.2, 0.25) is 0 Å². The molecular weight excluding hydrogens is 302 g/mol. The summed E-state index contributed by atoms with van der Waals surface area (Å²) in [5, 5.41) is 0. The van der Waals surface area contributed by atoms with Crippen LogP contribution in [0.3, 0.4) is 0 Å². The van der Waals surface area contributed by atoms with E-state index in [0.29, 0.717) is 5.69 Å². The fourth-order valence-corrected chi connectivity index (χ4v) is 3.85. The van der Waals surface area contributed by atoms with Gasteiger partial charge in [0.05, 0.1) is 11.4 Å². The van der Waals surface area contributed by atoms with E-state index in [2.05, 4.69) is 11.3 Å². The zero-order valence-electron chi connectivity index (χ0n) is 11.5. The summed E-state index contributed by atoms with van der Waals surface area (Å²) in [5.41, 5.74) is 1.38. The van der Waals surface area contributed by atoms with Crippen LogP contribution in [0.1, 0.15) is 5.56 Å². The molecule has 2 aromatic rings. The number of sulfonamides is 1. The second kappa shape index (κ2) is 7.33. The number of hydrogen-bond donors (Lipinski definition) is 1. The van der Waals surface area contributed by atoms with Gasteiger partial charge in [0.2, 0.25) is 10.0 Å². The lowest BCUT2D eigenvalue weighted by Crippen LogP contribution is -2.15. The largest absolute Gasteiger partial charge is 0.282 e. The summed E-state index contributed by atoms with van der Waals surface area (Å²) in [6.45, 7) is 3.68. The monoisotopic (exact) mass is 319 g/mol. The molecule has 0 radical (unpaired) electrons. The maximum absolute atomic E-state index is 12.3. The fraction of sp³-hybridized carbons (Fsp3) is 0.125. The Morgan fingerprint density at radius 1 is 1.05 bits per heavy atom. The lowest BCUT2D eigenvalue weighted by Gasteiger charge is -2.11. The van der Waals surface area contributed by atoms with Crippen molar-refractivity contribution >= 4 is 27.5 Å². The Labute approximate surface area is 130 Å². The van der Waals surface area contributed by atoms with Gasteiger partial charge in [0, 0.05) is 10.6 Å². The third-order valence-corrected chi connectivity index (χ3v) is 5.02. The normalized spacial score (nSPS) is 11.0. The first-order valence-electron chi connectivity index (χ1n) is 6.48. The molecule has 0 heterocycles. The zero-order chi connectivity index (χ0) is 15.1. The highest BCUT2D eigenvalue weighted by atomic mass is 32.2. The molecule has 0 aromatic heterocycles. The summed E-state index contributed by atoms with van der Waals surface area (Å²) in [4.78, 5) is 0.897. The van der Waals surface area contributed by atoms with Crippen LogP contribution < -0.4 is 4.72 Å². The fourth-order valence-electron chi connectivity index (χ4n) is 1.82. The Morgan fingerprint density at radius 3 is 2.43 bits per heavy atom. The molecular formula is C16H17NO2S2. The lowest BCUT2D eigenvalue weighted by molar-refractivity contribution is 0.600. The SMILES string of the molecule is C=CCSc1ccccc1NS(=O)(=O)Cc1ccccc1. The van der Waals surface area contributed by atoms with Crippen LogP contribution in [0.4, 0.5) is 5.69 Å². The van der Waals surface area contributed by atoms with E-state index in [4.69, 9.17) is 0 Å². The maximum atomic E-state index is 12.3. The van der Waals surface area contributed by atoms with E-state index >= 15 is 0 Å². The van der Waals surface area contributed by atoms with Crippen LogP contribution in [0.15, 0.2) is 72.1 Å². The van der Waals surface area contributed by atoms with Crippen LogP contribution in [-0.4, -0.2) is 14.2 Å². The molecule has 3 nitrogen and oxygen atoms in total. The lowest BCUT2D eigenvalue weighted by atomic mass is 10.2. The Hall–Kier alpha value is -1.72. The number of hydrogen-bond acceptors (Lipinski definition) is 3. The van der Waals surface area contributed by atoms with E-state index in [1.165, 1.54) is 0 Å².